The molecule has 4 nitrogen and oxygen atoms in total. The molecule has 140 valence electrons. The van der Waals surface area contributed by atoms with E-state index in [9.17, 15) is 4.21 Å². The van der Waals surface area contributed by atoms with Gasteiger partial charge in [-0.25, -0.2) is 8.93 Å². The van der Waals surface area contributed by atoms with Crippen molar-refractivity contribution in [3.05, 3.63) is 35.4 Å². The van der Waals surface area contributed by atoms with Crippen LogP contribution in [-0.2, 0) is 22.1 Å². The van der Waals surface area contributed by atoms with Crippen molar-refractivity contribution in [2.75, 3.05) is 20.2 Å². The zero-order valence-electron chi connectivity index (χ0n) is 16.1. The Labute approximate surface area is 154 Å². The fraction of sp³-hybridized carbons (Fsp3) is 0.700. The molecule has 2 unspecified atom stereocenters. The molecule has 0 saturated carbocycles. The van der Waals surface area contributed by atoms with Gasteiger partial charge in [0.1, 0.15) is 0 Å². The van der Waals surface area contributed by atoms with Crippen LogP contribution >= 0.6 is 0 Å². The van der Waals surface area contributed by atoms with Gasteiger partial charge in [0, 0.05) is 19.1 Å². The molecule has 1 aromatic rings. The van der Waals surface area contributed by atoms with E-state index in [2.05, 4.69) is 62.0 Å². The van der Waals surface area contributed by atoms with Crippen molar-refractivity contribution in [3.63, 3.8) is 0 Å². The maximum atomic E-state index is 13.2. The summed E-state index contributed by atoms with van der Waals surface area (Å²) < 4.78 is 22.4. The summed E-state index contributed by atoms with van der Waals surface area (Å²) in [4.78, 5) is 0. The Morgan fingerprint density at radius 2 is 2.08 bits per heavy atom. The Hall–Kier alpha value is -0.750. The molecule has 1 spiro atoms. The van der Waals surface area contributed by atoms with E-state index in [1.807, 2.05) is 0 Å². The molecule has 25 heavy (non-hydrogen) atoms. The van der Waals surface area contributed by atoms with Gasteiger partial charge in [0.2, 0.25) is 0 Å². The monoisotopic (exact) mass is 364 g/mol. The number of nitrogens with one attached hydrogen (secondary N) is 2. The third-order valence-corrected chi connectivity index (χ3v) is 8.45. The van der Waals surface area contributed by atoms with Crippen molar-refractivity contribution in [2.45, 2.75) is 57.4 Å². The van der Waals surface area contributed by atoms with Crippen LogP contribution in [0.5, 0.6) is 0 Å². The number of methoxy groups -OCH3 is 1. The SMILES string of the molecule is COC1CNCCC12Cc1ccccc1[C@@H]2N[S@@](=O)C(C)(C)C(C)C. The Morgan fingerprint density at radius 3 is 2.76 bits per heavy atom. The van der Waals surface area contributed by atoms with Crippen molar-refractivity contribution in [1.82, 2.24) is 10.0 Å². The average molecular weight is 365 g/mol. The van der Waals surface area contributed by atoms with Gasteiger partial charge in [0.15, 0.2) is 0 Å². The van der Waals surface area contributed by atoms with Crippen LogP contribution in [0, 0.1) is 11.3 Å². The average Bonchev–Trinajstić information content (AvgIpc) is 2.89. The molecule has 0 radical (unpaired) electrons. The van der Waals surface area contributed by atoms with E-state index in [0.29, 0.717) is 5.92 Å². The highest BCUT2D eigenvalue weighted by Gasteiger charge is 2.53. The molecule has 0 aromatic heterocycles. The summed E-state index contributed by atoms with van der Waals surface area (Å²) >= 11 is 0. The maximum absolute atomic E-state index is 13.2. The molecule has 2 N–H and O–H groups in total. The zero-order valence-corrected chi connectivity index (χ0v) is 16.9. The second-order valence-electron chi connectivity index (χ2n) is 8.36. The van der Waals surface area contributed by atoms with Crippen LogP contribution in [0.15, 0.2) is 24.3 Å². The molecule has 3 rings (SSSR count). The molecule has 0 bridgehead atoms. The number of benzene rings is 1. The van der Waals surface area contributed by atoms with Crippen LogP contribution in [0.3, 0.4) is 0 Å². The Morgan fingerprint density at radius 1 is 1.36 bits per heavy atom. The number of rotatable bonds is 5. The lowest BCUT2D eigenvalue weighted by atomic mass is 9.71. The number of piperidine rings is 1. The number of ether oxygens (including phenoxy) is 1. The molecule has 1 heterocycles. The van der Waals surface area contributed by atoms with E-state index in [0.717, 1.165) is 25.9 Å². The third-order valence-electron chi connectivity index (χ3n) is 6.58. The molecular formula is C20H32N2O2S. The summed E-state index contributed by atoms with van der Waals surface area (Å²) in [5.41, 5.74) is 2.62. The molecule has 4 atom stereocenters. The van der Waals surface area contributed by atoms with Gasteiger partial charge in [-0.2, -0.15) is 0 Å². The molecule has 1 saturated heterocycles. The van der Waals surface area contributed by atoms with Gasteiger partial charge in [0.25, 0.3) is 0 Å². The normalized spacial score (nSPS) is 30.6. The van der Waals surface area contributed by atoms with Gasteiger partial charge in [0.05, 0.1) is 27.9 Å². The highest BCUT2D eigenvalue weighted by molar-refractivity contribution is 7.84. The minimum atomic E-state index is -1.13. The lowest BCUT2D eigenvalue weighted by molar-refractivity contribution is -0.0448. The maximum Gasteiger partial charge on any atom is 0.0981 e. The minimum absolute atomic E-state index is 0.0353. The zero-order chi connectivity index (χ0) is 18.2. The third kappa shape index (κ3) is 3.20. The van der Waals surface area contributed by atoms with Crippen LogP contribution in [-0.4, -0.2) is 35.3 Å². The van der Waals surface area contributed by atoms with Gasteiger partial charge >= 0.3 is 0 Å². The number of fused-ring (bicyclic) bond motifs is 1. The van der Waals surface area contributed by atoms with E-state index in [-0.39, 0.29) is 22.3 Å². The summed E-state index contributed by atoms with van der Waals surface area (Å²) in [6, 6.07) is 8.66. The Balaban J connectivity index is 1.98. The van der Waals surface area contributed by atoms with Crippen LogP contribution in [0.4, 0.5) is 0 Å². The largest absolute Gasteiger partial charge is 0.379 e. The molecule has 1 fully saturated rings. The number of hydrogen-bond acceptors (Lipinski definition) is 3. The second-order valence-corrected chi connectivity index (χ2v) is 10.2. The van der Waals surface area contributed by atoms with Crippen molar-refractivity contribution in [3.8, 4) is 0 Å². The lowest BCUT2D eigenvalue weighted by Gasteiger charge is -2.46. The van der Waals surface area contributed by atoms with E-state index >= 15 is 0 Å². The molecule has 2 aliphatic rings. The first kappa shape index (κ1) is 19.0. The van der Waals surface area contributed by atoms with Gasteiger partial charge in [-0.3, -0.25) is 0 Å². The van der Waals surface area contributed by atoms with Crippen LogP contribution in [0.2, 0.25) is 0 Å². The topological polar surface area (TPSA) is 50.4 Å². The van der Waals surface area contributed by atoms with E-state index in [1.54, 1.807) is 7.11 Å². The molecule has 1 aliphatic carbocycles. The first-order valence-electron chi connectivity index (χ1n) is 9.32. The highest BCUT2D eigenvalue weighted by atomic mass is 32.2. The first-order chi connectivity index (χ1) is 11.8. The summed E-state index contributed by atoms with van der Waals surface area (Å²) in [5, 5.41) is 3.46. The molecule has 1 aliphatic heterocycles. The van der Waals surface area contributed by atoms with Crippen molar-refractivity contribution >= 4 is 11.0 Å². The summed E-state index contributed by atoms with van der Waals surface area (Å²) in [6.07, 6.45) is 2.13. The van der Waals surface area contributed by atoms with Gasteiger partial charge < -0.3 is 10.1 Å². The van der Waals surface area contributed by atoms with Crippen molar-refractivity contribution < 1.29 is 8.95 Å². The summed E-state index contributed by atoms with van der Waals surface area (Å²) in [5.74, 6) is 0.333. The Bertz CT molecular complexity index is 646. The van der Waals surface area contributed by atoms with Crippen LogP contribution in [0.25, 0.3) is 0 Å². The highest BCUT2D eigenvalue weighted by Crippen LogP contribution is 2.52. The standard InChI is InChI=1S/C20H32N2O2S/c1-14(2)19(3,4)25(23)22-18-16-9-7-6-8-15(16)12-20(18)10-11-21-13-17(20)24-5/h6-9,14,17-18,21-22H,10-13H2,1-5H3/t17?,18-,20?,25-/m0/s1. The molecule has 1 aromatic carbocycles. The van der Waals surface area contributed by atoms with Gasteiger partial charge in [-0.1, -0.05) is 38.1 Å². The van der Waals surface area contributed by atoms with Crippen molar-refractivity contribution in [1.29, 1.82) is 0 Å². The lowest BCUT2D eigenvalue weighted by Crippen LogP contribution is -2.56. The second kappa shape index (κ2) is 7.10. The molecule has 0 amide bonds. The van der Waals surface area contributed by atoms with E-state index in [4.69, 9.17) is 4.74 Å². The summed E-state index contributed by atoms with van der Waals surface area (Å²) in [6.45, 7) is 10.3. The molecule has 5 heteroatoms. The van der Waals surface area contributed by atoms with E-state index in [1.165, 1.54) is 11.1 Å². The smallest absolute Gasteiger partial charge is 0.0981 e. The fourth-order valence-electron chi connectivity index (χ4n) is 4.17. The van der Waals surface area contributed by atoms with Crippen LogP contribution < -0.4 is 10.0 Å². The quantitative estimate of drug-likeness (QED) is 0.844. The predicted molar refractivity (Wildman–Crippen MR) is 104 cm³/mol. The minimum Gasteiger partial charge on any atom is -0.379 e. The predicted octanol–water partition coefficient (Wildman–Crippen LogP) is 2.97. The van der Waals surface area contributed by atoms with Gasteiger partial charge in [-0.15, -0.1) is 0 Å². The van der Waals surface area contributed by atoms with E-state index < -0.39 is 11.0 Å². The summed E-state index contributed by atoms with van der Waals surface area (Å²) in [7, 11) is 0.672. The fourth-order valence-corrected chi connectivity index (χ4v) is 5.47. The first-order valence-corrected chi connectivity index (χ1v) is 10.5. The Kier molecular flexibility index (Phi) is 5.41. The van der Waals surface area contributed by atoms with Crippen LogP contribution in [0.1, 0.15) is 51.3 Å². The molecular weight excluding hydrogens is 332 g/mol. The van der Waals surface area contributed by atoms with Crippen molar-refractivity contribution in [2.24, 2.45) is 11.3 Å². The number of hydrogen-bond donors (Lipinski definition) is 2. The van der Waals surface area contributed by atoms with Gasteiger partial charge in [-0.05, 0) is 50.3 Å².